The normalized spacial score (nSPS) is 23.8. The minimum atomic E-state index is -2.87. The van der Waals surface area contributed by atoms with Gasteiger partial charge in [0, 0.05) is 6.04 Å². The van der Waals surface area contributed by atoms with Crippen LogP contribution in [0.5, 0.6) is 5.75 Å². The average Bonchev–Trinajstić information content (AvgIpc) is 2.68. The minimum Gasteiger partial charge on any atom is -0.492 e. The van der Waals surface area contributed by atoms with Crippen LogP contribution in [0.15, 0.2) is 24.3 Å². The number of hydrogen-bond donors (Lipinski definition) is 1. The molecule has 2 N–H and O–H groups in total. The highest BCUT2D eigenvalue weighted by molar-refractivity contribution is 7.91. The fourth-order valence-electron chi connectivity index (χ4n) is 2.20. The summed E-state index contributed by atoms with van der Waals surface area (Å²) >= 11 is 0. The highest BCUT2D eigenvalue weighted by Crippen LogP contribution is 2.22. The highest BCUT2D eigenvalue weighted by Gasteiger charge is 2.32. The molecule has 2 rings (SSSR count). The van der Waals surface area contributed by atoms with Crippen molar-refractivity contribution in [3.63, 3.8) is 0 Å². The molecule has 0 radical (unpaired) electrons. The summed E-state index contributed by atoms with van der Waals surface area (Å²) in [6, 6.07) is 7.51. The van der Waals surface area contributed by atoms with E-state index in [-0.39, 0.29) is 23.5 Å². The molecule has 1 aromatic rings. The van der Waals surface area contributed by atoms with E-state index in [1.165, 1.54) is 0 Å². The first kappa shape index (κ1) is 13.4. The lowest BCUT2D eigenvalue weighted by molar-refractivity contribution is 0.253. The van der Waals surface area contributed by atoms with Gasteiger partial charge in [0.2, 0.25) is 0 Å². The first-order valence-corrected chi connectivity index (χ1v) is 7.94. The van der Waals surface area contributed by atoms with E-state index < -0.39 is 9.84 Å². The number of hydrogen-bond acceptors (Lipinski definition) is 4. The number of ether oxygens (including phenoxy) is 1. The Morgan fingerprint density at radius 2 is 2.17 bits per heavy atom. The summed E-state index contributed by atoms with van der Waals surface area (Å²) in [5.74, 6) is 1.30. The molecule has 0 spiro atoms. The Morgan fingerprint density at radius 3 is 2.78 bits per heavy atom. The van der Waals surface area contributed by atoms with Gasteiger partial charge in [-0.2, -0.15) is 0 Å². The zero-order chi connectivity index (χ0) is 13.2. The van der Waals surface area contributed by atoms with Crippen LogP contribution in [0.1, 0.15) is 12.0 Å². The lowest BCUT2D eigenvalue weighted by atomic mass is 10.0. The minimum absolute atomic E-state index is 0.0269. The Hall–Kier alpha value is -1.07. The molecule has 18 heavy (non-hydrogen) atoms. The van der Waals surface area contributed by atoms with Crippen LogP contribution in [0.3, 0.4) is 0 Å². The molecule has 2 atom stereocenters. The maximum Gasteiger partial charge on any atom is 0.150 e. The first-order valence-electron chi connectivity index (χ1n) is 6.12. The van der Waals surface area contributed by atoms with Gasteiger partial charge < -0.3 is 10.5 Å². The second-order valence-corrected chi connectivity index (χ2v) is 7.13. The summed E-state index contributed by atoms with van der Waals surface area (Å²) in [6.07, 6.45) is 0.653. The Morgan fingerprint density at radius 1 is 1.44 bits per heavy atom. The van der Waals surface area contributed by atoms with Crippen molar-refractivity contribution in [1.82, 2.24) is 0 Å². The molecular formula is C13H19NO3S. The van der Waals surface area contributed by atoms with Crippen molar-refractivity contribution in [1.29, 1.82) is 0 Å². The first-order chi connectivity index (χ1) is 8.48. The van der Waals surface area contributed by atoms with E-state index in [9.17, 15) is 8.42 Å². The standard InChI is InChI=1S/C13H19NO3S/c1-10-4-2-3-5-13(10)17-8-12(14)11-6-7-18(15,16)9-11/h2-5,11-12H,6-9,14H2,1H3. The van der Waals surface area contributed by atoms with E-state index in [2.05, 4.69) is 0 Å². The van der Waals surface area contributed by atoms with E-state index in [1.54, 1.807) is 0 Å². The predicted molar refractivity (Wildman–Crippen MR) is 71.4 cm³/mol. The van der Waals surface area contributed by atoms with Crippen LogP contribution >= 0.6 is 0 Å². The Kier molecular flexibility index (Phi) is 3.92. The third-order valence-electron chi connectivity index (χ3n) is 3.40. The van der Waals surface area contributed by atoms with Gasteiger partial charge in [0.1, 0.15) is 12.4 Å². The molecule has 0 amide bonds. The van der Waals surface area contributed by atoms with E-state index in [0.29, 0.717) is 13.0 Å². The third kappa shape index (κ3) is 3.23. The van der Waals surface area contributed by atoms with Gasteiger partial charge >= 0.3 is 0 Å². The topological polar surface area (TPSA) is 69.4 Å². The van der Waals surface area contributed by atoms with Crippen molar-refractivity contribution in [2.75, 3.05) is 18.1 Å². The van der Waals surface area contributed by atoms with Crippen molar-refractivity contribution in [3.05, 3.63) is 29.8 Å². The molecule has 1 aliphatic rings. The van der Waals surface area contributed by atoms with Crippen molar-refractivity contribution in [2.24, 2.45) is 11.7 Å². The Labute approximate surface area is 108 Å². The lowest BCUT2D eigenvalue weighted by Gasteiger charge is -2.19. The van der Waals surface area contributed by atoms with E-state index >= 15 is 0 Å². The van der Waals surface area contributed by atoms with Gasteiger partial charge in [0.05, 0.1) is 11.5 Å². The highest BCUT2D eigenvalue weighted by atomic mass is 32.2. The number of benzene rings is 1. The summed E-state index contributed by atoms with van der Waals surface area (Å²) < 4.78 is 28.4. The molecule has 1 fully saturated rings. The summed E-state index contributed by atoms with van der Waals surface area (Å²) in [5.41, 5.74) is 7.07. The van der Waals surface area contributed by atoms with Gasteiger partial charge in [-0.3, -0.25) is 0 Å². The summed E-state index contributed by atoms with van der Waals surface area (Å²) in [7, 11) is -2.87. The number of sulfone groups is 1. The molecule has 100 valence electrons. The molecule has 0 saturated carbocycles. The molecule has 1 aromatic carbocycles. The monoisotopic (exact) mass is 269 g/mol. The van der Waals surface area contributed by atoms with E-state index in [4.69, 9.17) is 10.5 Å². The molecule has 1 aliphatic heterocycles. The van der Waals surface area contributed by atoms with Crippen LogP contribution in [-0.2, 0) is 9.84 Å². The van der Waals surface area contributed by atoms with Gasteiger partial charge in [-0.05, 0) is 30.9 Å². The maximum absolute atomic E-state index is 11.4. The van der Waals surface area contributed by atoms with Crippen molar-refractivity contribution >= 4 is 9.84 Å². The number of para-hydroxylation sites is 1. The van der Waals surface area contributed by atoms with Gasteiger partial charge in [-0.15, -0.1) is 0 Å². The zero-order valence-electron chi connectivity index (χ0n) is 10.5. The largest absolute Gasteiger partial charge is 0.492 e. The van der Waals surface area contributed by atoms with Crippen LogP contribution in [0.4, 0.5) is 0 Å². The molecular weight excluding hydrogens is 250 g/mol. The second kappa shape index (κ2) is 5.28. The average molecular weight is 269 g/mol. The Bertz CT molecular complexity index is 513. The van der Waals surface area contributed by atoms with Gasteiger partial charge in [0.25, 0.3) is 0 Å². The van der Waals surface area contributed by atoms with Crippen molar-refractivity contribution < 1.29 is 13.2 Å². The Balaban J connectivity index is 1.89. The molecule has 0 bridgehead atoms. The summed E-state index contributed by atoms with van der Waals surface area (Å²) in [6.45, 7) is 2.34. The van der Waals surface area contributed by atoms with Crippen LogP contribution in [0, 0.1) is 12.8 Å². The van der Waals surface area contributed by atoms with E-state index in [1.807, 2.05) is 31.2 Å². The number of aryl methyl sites for hydroxylation is 1. The molecule has 1 saturated heterocycles. The van der Waals surface area contributed by atoms with Crippen LogP contribution in [-0.4, -0.2) is 32.6 Å². The van der Waals surface area contributed by atoms with Crippen molar-refractivity contribution in [3.8, 4) is 5.75 Å². The van der Waals surface area contributed by atoms with Crippen LogP contribution in [0.25, 0.3) is 0 Å². The summed E-state index contributed by atoms with van der Waals surface area (Å²) in [5, 5.41) is 0. The predicted octanol–water partition coefficient (Wildman–Crippen LogP) is 1.14. The van der Waals surface area contributed by atoms with E-state index in [0.717, 1.165) is 11.3 Å². The van der Waals surface area contributed by atoms with Crippen molar-refractivity contribution in [2.45, 2.75) is 19.4 Å². The quantitative estimate of drug-likeness (QED) is 0.889. The SMILES string of the molecule is Cc1ccccc1OCC(N)C1CCS(=O)(=O)C1. The van der Waals surface area contributed by atoms with Crippen LogP contribution < -0.4 is 10.5 Å². The van der Waals surface area contributed by atoms with Crippen LogP contribution in [0.2, 0.25) is 0 Å². The third-order valence-corrected chi connectivity index (χ3v) is 5.19. The van der Waals surface area contributed by atoms with Gasteiger partial charge in [0.15, 0.2) is 9.84 Å². The molecule has 1 heterocycles. The lowest BCUT2D eigenvalue weighted by Crippen LogP contribution is -2.36. The molecule has 4 nitrogen and oxygen atoms in total. The molecule has 2 unspecified atom stereocenters. The summed E-state index contributed by atoms with van der Waals surface area (Å²) in [4.78, 5) is 0. The molecule has 5 heteroatoms. The molecule has 0 aliphatic carbocycles. The smallest absolute Gasteiger partial charge is 0.150 e. The number of nitrogens with two attached hydrogens (primary N) is 1. The fraction of sp³-hybridized carbons (Fsp3) is 0.538. The maximum atomic E-state index is 11.4. The van der Waals surface area contributed by atoms with Gasteiger partial charge in [-0.25, -0.2) is 8.42 Å². The fourth-order valence-corrected chi connectivity index (χ4v) is 4.10. The molecule has 0 aromatic heterocycles. The number of rotatable bonds is 4. The van der Waals surface area contributed by atoms with Gasteiger partial charge in [-0.1, -0.05) is 18.2 Å². The second-order valence-electron chi connectivity index (χ2n) is 4.90. The zero-order valence-corrected chi connectivity index (χ0v) is 11.3.